The Hall–Kier alpha value is -2.87. The van der Waals surface area contributed by atoms with Gasteiger partial charge in [0.15, 0.2) is 6.10 Å². The van der Waals surface area contributed by atoms with Crippen LogP contribution in [0, 0.1) is 0 Å². The molecule has 1 aliphatic heterocycles. The summed E-state index contributed by atoms with van der Waals surface area (Å²) in [7, 11) is -2.01. The molecule has 1 saturated heterocycles. The number of sulfonamides is 1. The number of rotatable bonds is 6. The first-order valence-corrected chi connectivity index (χ1v) is 11.5. The number of hydrogen-bond acceptors (Lipinski definition) is 4. The van der Waals surface area contributed by atoms with Gasteiger partial charge in [0.05, 0.1) is 4.90 Å². The predicted molar refractivity (Wildman–Crippen MR) is 117 cm³/mol. The Balaban J connectivity index is 1.72. The summed E-state index contributed by atoms with van der Waals surface area (Å²) in [6.45, 7) is 2.43. The van der Waals surface area contributed by atoms with E-state index in [2.05, 4.69) is 9.71 Å². The van der Waals surface area contributed by atoms with Crippen molar-refractivity contribution >= 4 is 27.5 Å². The van der Waals surface area contributed by atoms with Crippen LogP contribution in [-0.4, -0.2) is 44.8 Å². The Morgan fingerprint density at radius 1 is 1.10 bits per heavy atom. The third kappa shape index (κ3) is 5.82. The van der Waals surface area contributed by atoms with E-state index in [4.69, 9.17) is 4.74 Å². The summed E-state index contributed by atoms with van der Waals surface area (Å²) in [4.78, 5) is 14.4. The Morgan fingerprint density at radius 3 is 2.63 bits per heavy atom. The van der Waals surface area contributed by atoms with Crippen molar-refractivity contribution in [2.45, 2.75) is 43.6 Å². The molecule has 1 unspecified atom stereocenters. The zero-order valence-electron chi connectivity index (χ0n) is 17.2. The Morgan fingerprint density at radius 2 is 1.87 bits per heavy atom. The summed E-state index contributed by atoms with van der Waals surface area (Å²) in [6.07, 6.45) is 2.91. The molecule has 0 aliphatic carbocycles. The summed E-state index contributed by atoms with van der Waals surface area (Å²) in [5.41, 5.74) is 0.374. The molecular weight excluding hydrogens is 402 g/mol. The summed E-state index contributed by atoms with van der Waals surface area (Å²) in [6, 6.07) is 15.2. The number of benzene rings is 2. The van der Waals surface area contributed by atoms with Crippen LogP contribution in [0.1, 0.15) is 32.6 Å². The highest BCUT2D eigenvalue weighted by Crippen LogP contribution is 2.20. The van der Waals surface area contributed by atoms with Crippen LogP contribution in [0.5, 0.6) is 5.75 Å². The monoisotopic (exact) mass is 429 g/mol. The van der Waals surface area contributed by atoms with Gasteiger partial charge >= 0.3 is 0 Å². The van der Waals surface area contributed by atoms with Gasteiger partial charge in [0.25, 0.3) is 15.9 Å². The minimum atomic E-state index is -3.87. The molecular formula is C22H27N3O4S. The average Bonchev–Trinajstić information content (AvgIpc) is 2.93. The molecule has 0 saturated carbocycles. The van der Waals surface area contributed by atoms with E-state index in [-0.39, 0.29) is 10.8 Å². The van der Waals surface area contributed by atoms with Crippen LogP contribution in [0.25, 0.3) is 0 Å². The van der Waals surface area contributed by atoms with Gasteiger partial charge in [-0.15, -0.1) is 4.40 Å². The molecule has 160 valence electrons. The number of carbonyl (C=O) groups is 1. The number of carbonyl (C=O) groups excluding carboxylic acids is 1. The molecule has 7 nitrogen and oxygen atoms in total. The lowest BCUT2D eigenvalue weighted by Crippen LogP contribution is -2.30. The molecule has 8 heteroatoms. The number of amidine groups is 1. The Bertz CT molecular complexity index is 1010. The zero-order valence-corrected chi connectivity index (χ0v) is 18.1. The van der Waals surface area contributed by atoms with Crippen molar-refractivity contribution in [1.29, 1.82) is 0 Å². The summed E-state index contributed by atoms with van der Waals surface area (Å²) < 4.78 is 35.3. The number of nitrogens with one attached hydrogen (secondary N) is 1. The molecule has 0 radical (unpaired) electrons. The van der Waals surface area contributed by atoms with Gasteiger partial charge in [0.2, 0.25) is 0 Å². The maximum atomic E-state index is 12.8. The van der Waals surface area contributed by atoms with Crippen LogP contribution in [0.2, 0.25) is 0 Å². The number of likely N-dealkylation sites (tertiary alicyclic amines) is 1. The third-order valence-corrected chi connectivity index (χ3v) is 6.19. The minimum Gasteiger partial charge on any atom is -0.481 e. The van der Waals surface area contributed by atoms with Gasteiger partial charge in [-0.05, 0) is 50.1 Å². The molecule has 2 aromatic rings. The number of amides is 1. The van der Waals surface area contributed by atoms with Crippen molar-refractivity contribution in [3.63, 3.8) is 0 Å². The smallest absolute Gasteiger partial charge is 0.284 e. The van der Waals surface area contributed by atoms with Crippen molar-refractivity contribution < 1.29 is 17.9 Å². The van der Waals surface area contributed by atoms with E-state index < -0.39 is 16.1 Å². The van der Waals surface area contributed by atoms with Crippen LogP contribution in [0.15, 0.2) is 63.9 Å². The van der Waals surface area contributed by atoms with Crippen molar-refractivity contribution in [3.05, 3.63) is 54.6 Å². The maximum absolute atomic E-state index is 12.8. The number of hydrogen-bond donors (Lipinski definition) is 1. The number of anilines is 1. The van der Waals surface area contributed by atoms with Crippen LogP contribution >= 0.6 is 0 Å². The molecule has 1 N–H and O–H groups in total. The van der Waals surface area contributed by atoms with Crippen LogP contribution in [0.4, 0.5) is 5.69 Å². The van der Waals surface area contributed by atoms with Gasteiger partial charge in [0.1, 0.15) is 11.6 Å². The van der Waals surface area contributed by atoms with Crippen LogP contribution < -0.4 is 10.1 Å². The quantitative estimate of drug-likeness (QED) is 0.757. The van der Waals surface area contributed by atoms with Gasteiger partial charge < -0.3 is 15.0 Å². The minimum absolute atomic E-state index is 0.0436. The van der Waals surface area contributed by atoms with Gasteiger partial charge in [0, 0.05) is 25.7 Å². The van der Waals surface area contributed by atoms with Crippen molar-refractivity contribution in [3.8, 4) is 5.75 Å². The lowest BCUT2D eigenvalue weighted by atomic mass is 10.2. The molecule has 2 aromatic carbocycles. The fourth-order valence-corrected chi connectivity index (χ4v) is 4.31. The summed E-state index contributed by atoms with van der Waals surface area (Å²) in [5.74, 6) is 0.787. The number of ether oxygens (including phenoxy) is 1. The van der Waals surface area contributed by atoms with E-state index in [1.165, 1.54) is 12.1 Å². The van der Waals surface area contributed by atoms with Gasteiger partial charge in [-0.3, -0.25) is 4.79 Å². The highest BCUT2D eigenvalue weighted by molar-refractivity contribution is 7.90. The first-order chi connectivity index (χ1) is 14.3. The summed E-state index contributed by atoms with van der Waals surface area (Å²) in [5, 5.41) is 2.71. The highest BCUT2D eigenvalue weighted by Gasteiger charge is 2.20. The fourth-order valence-electron chi connectivity index (χ4n) is 3.17. The normalized spacial score (nSPS) is 17.3. The predicted octanol–water partition coefficient (Wildman–Crippen LogP) is 3.69. The van der Waals surface area contributed by atoms with E-state index in [9.17, 15) is 13.2 Å². The zero-order chi connectivity index (χ0) is 21.6. The second-order valence-electron chi connectivity index (χ2n) is 7.31. The topological polar surface area (TPSA) is 88.1 Å². The lowest BCUT2D eigenvalue weighted by Gasteiger charge is -2.18. The van der Waals surface area contributed by atoms with Crippen molar-refractivity contribution in [2.75, 3.05) is 18.9 Å². The van der Waals surface area contributed by atoms with Gasteiger partial charge in [-0.2, -0.15) is 8.42 Å². The fraction of sp³-hybridized carbons (Fsp3) is 0.364. The van der Waals surface area contributed by atoms with E-state index in [1.807, 2.05) is 30.1 Å². The first kappa shape index (κ1) is 21.8. The first-order valence-electron chi connectivity index (χ1n) is 10.0. The molecule has 1 fully saturated rings. The highest BCUT2D eigenvalue weighted by atomic mass is 32.2. The second kappa shape index (κ2) is 9.75. The van der Waals surface area contributed by atoms with Crippen molar-refractivity contribution in [2.24, 2.45) is 4.40 Å². The SMILES string of the molecule is CC(Oc1ccccc1)C(=O)Nc1cccc(S(=O)(=O)/N=C2/CCCCCN2C)c1. The van der Waals surface area contributed by atoms with Crippen LogP contribution in [-0.2, 0) is 14.8 Å². The van der Waals surface area contributed by atoms with E-state index in [0.717, 1.165) is 25.8 Å². The number of nitrogens with zero attached hydrogens (tertiary/aromatic N) is 2. The van der Waals surface area contributed by atoms with Crippen LogP contribution in [0.3, 0.4) is 0 Å². The molecule has 3 rings (SSSR count). The van der Waals surface area contributed by atoms with E-state index in [1.54, 1.807) is 31.2 Å². The average molecular weight is 430 g/mol. The number of para-hydroxylation sites is 1. The third-order valence-electron chi connectivity index (χ3n) is 4.88. The molecule has 1 aliphatic rings. The Kier molecular flexibility index (Phi) is 7.10. The largest absolute Gasteiger partial charge is 0.481 e. The second-order valence-corrected chi connectivity index (χ2v) is 8.91. The van der Waals surface area contributed by atoms with Gasteiger partial charge in [-0.1, -0.05) is 30.7 Å². The van der Waals surface area contributed by atoms with Gasteiger partial charge in [-0.25, -0.2) is 0 Å². The van der Waals surface area contributed by atoms with Crippen molar-refractivity contribution in [1.82, 2.24) is 4.90 Å². The summed E-state index contributed by atoms with van der Waals surface area (Å²) >= 11 is 0. The molecule has 1 atom stereocenters. The molecule has 30 heavy (non-hydrogen) atoms. The molecule has 0 bridgehead atoms. The lowest BCUT2D eigenvalue weighted by molar-refractivity contribution is -0.122. The standard InChI is InChI=1S/C22H27N3O4S/c1-17(29-19-11-5-3-6-12-19)22(26)23-18-10-9-13-20(16-18)30(27,28)24-21-14-7-4-8-15-25(21)2/h3,5-6,9-13,16-17H,4,7-8,14-15H2,1-2H3,(H,23,26)/b24-21-. The Labute approximate surface area is 177 Å². The molecule has 0 spiro atoms. The maximum Gasteiger partial charge on any atom is 0.284 e. The molecule has 1 amide bonds. The molecule has 1 heterocycles. The van der Waals surface area contributed by atoms with E-state index >= 15 is 0 Å². The van der Waals surface area contributed by atoms with E-state index in [0.29, 0.717) is 23.7 Å². The molecule has 0 aromatic heterocycles.